The number of halogens is 2. The molecular weight excluding hydrogens is 579 g/mol. The molecule has 1 amide bonds. The highest BCUT2D eigenvalue weighted by Gasteiger charge is 2.35. The van der Waals surface area contributed by atoms with Crippen LogP contribution in [0.1, 0.15) is 72.4 Å². The van der Waals surface area contributed by atoms with E-state index >= 15 is 0 Å². The smallest absolute Gasteiger partial charge is 0.218 e. The van der Waals surface area contributed by atoms with Crippen molar-refractivity contribution < 1.29 is 13.2 Å². The first-order valence-corrected chi connectivity index (χ1v) is 16.4. The molecule has 41 heavy (non-hydrogen) atoms. The van der Waals surface area contributed by atoms with Crippen LogP contribution in [-0.4, -0.2) is 47.3 Å². The molecule has 0 radical (unpaired) electrons. The van der Waals surface area contributed by atoms with Gasteiger partial charge in [0.25, 0.3) is 0 Å². The van der Waals surface area contributed by atoms with Gasteiger partial charge in [-0.05, 0) is 78.8 Å². The number of fused-ring (bicyclic) bond motifs is 1. The number of nitrogens with two attached hydrogens (primary N) is 1. The predicted octanol–water partition coefficient (Wildman–Crippen LogP) is 6.24. The topological polar surface area (TPSA) is 98.3 Å². The maximum absolute atomic E-state index is 12.8. The molecule has 10 heteroatoms. The Morgan fingerprint density at radius 1 is 0.878 bits per heavy atom. The first kappa shape index (κ1) is 28.2. The molecular formula is C31H32Cl2N4O3S. The SMILES string of the molecule is NC(=O)CCS(=O)(=O)N1CCC(c2c3cc(C(c4ccc(Cl)cc4)c4ccc(Cl)cc4)ccc3nn2C2CC2)CC1. The Labute approximate surface area is 250 Å². The lowest BCUT2D eigenvalue weighted by molar-refractivity contribution is -0.117. The number of primary amides is 1. The summed E-state index contributed by atoms with van der Waals surface area (Å²) >= 11 is 12.5. The Morgan fingerprint density at radius 2 is 1.44 bits per heavy atom. The molecule has 2 heterocycles. The monoisotopic (exact) mass is 610 g/mol. The van der Waals surface area contributed by atoms with Gasteiger partial charge in [0.1, 0.15) is 0 Å². The summed E-state index contributed by atoms with van der Waals surface area (Å²) in [5.74, 6) is -0.684. The number of benzene rings is 3. The van der Waals surface area contributed by atoms with Crippen LogP contribution < -0.4 is 5.73 Å². The maximum atomic E-state index is 12.8. The van der Waals surface area contributed by atoms with Gasteiger partial charge in [0.15, 0.2) is 0 Å². The van der Waals surface area contributed by atoms with Gasteiger partial charge in [-0.15, -0.1) is 0 Å². The van der Waals surface area contributed by atoms with Gasteiger partial charge in [0.05, 0.1) is 17.3 Å². The van der Waals surface area contributed by atoms with Gasteiger partial charge in [-0.25, -0.2) is 12.7 Å². The number of rotatable bonds is 9. The van der Waals surface area contributed by atoms with Crippen LogP contribution in [0, 0.1) is 0 Å². The minimum absolute atomic E-state index is 0.0247. The molecule has 0 unspecified atom stereocenters. The Kier molecular flexibility index (Phi) is 7.85. The number of carbonyl (C=O) groups excluding carboxylic acids is 1. The van der Waals surface area contributed by atoms with E-state index in [4.69, 9.17) is 34.0 Å². The molecule has 1 aliphatic carbocycles. The number of hydrogen-bond acceptors (Lipinski definition) is 4. The second-order valence-corrected chi connectivity index (χ2v) is 14.0. The van der Waals surface area contributed by atoms with E-state index in [1.807, 2.05) is 24.3 Å². The molecule has 1 aromatic heterocycles. The van der Waals surface area contributed by atoms with Crippen molar-refractivity contribution in [3.8, 4) is 0 Å². The number of hydrogen-bond donors (Lipinski definition) is 1. The molecule has 1 saturated heterocycles. The van der Waals surface area contributed by atoms with E-state index in [9.17, 15) is 13.2 Å². The Morgan fingerprint density at radius 3 is 1.98 bits per heavy atom. The molecule has 3 aromatic carbocycles. The van der Waals surface area contributed by atoms with Crippen molar-refractivity contribution in [2.45, 2.75) is 50.0 Å². The minimum Gasteiger partial charge on any atom is -0.370 e. The van der Waals surface area contributed by atoms with Gasteiger partial charge in [0.2, 0.25) is 15.9 Å². The first-order chi connectivity index (χ1) is 19.7. The Balaban J connectivity index is 1.37. The third-order valence-corrected chi connectivity index (χ3v) is 10.6. The van der Waals surface area contributed by atoms with Crippen molar-refractivity contribution >= 4 is 50.0 Å². The third-order valence-electron chi connectivity index (χ3n) is 8.23. The zero-order chi connectivity index (χ0) is 28.7. The summed E-state index contributed by atoms with van der Waals surface area (Å²) in [7, 11) is -3.52. The van der Waals surface area contributed by atoms with Gasteiger partial charge >= 0.3 is 0 Å². The molecule has 0 bridgehead atoms. The average Bonchev–Trinajstić information content (AvgIpc) is 3.74. The molecule has 1 saturated carbocycles. The van der Waals surface area contributed by atoms with Crippen molar-refractivity contribution in [3.05, 3.63) is 99.2 Å². The summed E-state index contributed by atoms with van der Waals surface area (Å²) in [4.78, 5) is 11.2. The number of amides is 1. The van der Waals surface area contributed by atoms with Gasteiger partial charge in [-0.1, -0.05) is 53.5 Å². The second kappa shape index (κ2) is 11.4. The van der Waals surface area contributed by atoms with E-state index < -0.39 is 15.9 Å². The highest BCUT2D eigenvalue weighted by atomic mass is 35.5. The summed E-state index contributed by atoms with van der Waals surface area (Å²) < 4.78 is 29.3. The zero-order valence-electron chi connectivity index (χ0n) is 22.5. The molecule has 6 rings (SSSR count). The van der Waals surface area contributed by atoms with Crippen molar-refractivity contribution in [2.75, 3.05) is 18.8 Å². The lowest BCUT2D eigenvalue weighted by atomic mass is 9.84. The van der Waals surface area contributed by atoms with Crippen LogP contribution in [-0.2, 0) is 14.8 Å². The normalized spacial score (nSPS) is 17.0. The van der Waals surface area contributed by atoms with Gasteiger partial charge < -0.3 is 5.73 Å². The summed E-state index contributed by atoms with van der Waals surface area (Å²) in [5.41, 5.74) is 10.7. The molecule has 2 fully saturated rings. The van der Waals surface area contributed by atoms with E-state index in [-0.39, 0.29) is 24.0 Å². The highest BCUT2D eigenvalue weighted by Crippen LogP contribution is 2.43. The fourth-order valence-corrected chi connectivity index (χ4v) is 7.71. The Hall–Kier alpha value is -2.91. The zero-order valence-corrected chi connectivity index (χ0v) is 24.9. The van der Waals surface area contributed by atoms with Crippen molar-refractivity contribution in [3.63, 3.8) is 0 Å². The fourth-order valence-electron chi connectivity index (χ4n) is 5.98. The van der Waals surface area contributed by atoms with Gasteiger partial charge in [-0.3, -0.25) is 9.48 Å². The van der Waals surface area contributed by atoms with Crippen LogP contribution in [0.25, 0.3) is 10.9 Å². The van der Waals surface area contributed by atoms with E-state index in [1.165, 1.54) is 10.00 Å². The molecule has 0 atom stereocenters. The number of piperidine rings is 1. The van der Waals surface area contributed by atoms with Crippen LogP contribution in [0.4, 0.5) is 0 Å². The molecule has 1 aliphatic heterocycles. The average molecular weight is 612 g/mol. The standard InChI is InChI=1S/C31H32Cl2N4O3S/c32-24-6-1-20(2-7-24)30(21-3-8-25(33)9-4-21)23-5-12-28-27(19-23)31(37(35-28)26-10-11-26)22-13-16-36(17-14-22)41(39,40)18-15-29(34)38/h1-9,12,19,22,26,30H,10-11,13-18H2,(H2,34,38). The summed E-state index contributed by atoms with van der Waals surface area (Å²) in [6.45, 7) is 0.835. The lowest BCUT2D eigenvalue weighted by Crippen LogP contribution is -2.40. The molecule has 4 aromatic rings. The van der Waals surface area contributed by atoms with E-state index in [1.54, 1.807) is 0 Å². The Bertz CT molecular complexity index is 1630. The van der Waals surface area contributed by atoms with E-state index in [0.29, 0.717) is 42.0 Å². The van der Waals surface area contributed by atoms with Crippen LogP contribution in [0.5, 0.6) is 0 Å². The molecule has 214 valence electrons. The molecule has 0 spiro atoms. The maximum Gasteiger partial charge on any atom is 0.218 e. The van der Waals surface area contributed by atoms with Crippen LogP contribution >= 0.6 is 23.2 Å². The number of sulfonamides is 1. The summed E-state index contributed by atoms with van der Waals surface area (Å²) in [6.07, 6.45) is 3.45. The van der Waals surface area contributed by atoms with E-state index in [0.717, 1.165) is 40.4 Å². The fraction of sp³-hybridized carbons (Fsp3) is 0.355. The summed E-state index contributed by atoms with van der Waals surface area (Å²) in [6, 6.07) is 22.8. The van der Waals surface area contributed by atoms with Gasteiger partial charge in [-0.2, -0.15) is 5.10 Å². The van der Waals surface area contributed by atoms with Gasteiger partial charge in [0, 0.05) is 52.5 Å². The number of carbonyl (C=O) groups is 1. The minimum atomic E-state index is -3.52. The summed E-state index contributed by atoms with van der Waals surface area (Å²) in [5, 5.41) is 7.54. The second-order valence-electron chi connectivity index (χ2n) is 11.1. The van der Waals surface area contributed by atoms with Crippen LogP contribution in [0.2, 0.25) is 10.0 Å². The molecule has 2 aliphatic rings. The van der Waals surface area contributed by atoms with Crippen molar-refractivity contribution in [2.24, 2.45) is 5.73 Å². The third kappa shape index (κ3) is 6.02. The van der Waals surface area contributed by atoms with Crippen LogP contribution in [0.3, 0.4) is 0 Å². The molecule has 7 nitrogen and oxygen atoms in total. The quantitative estimate of drug-likeness (QED) is 0.227. The predicted molar refractivity (Wildman–Crippen MR) is 163 cm³/mol. The number of aromatic nitrogens is 2. The lowest BCUT2D eigenvalue weighted by Gasteiger charge is -2.31. The number of nitrogens with zero attached hydrogens (tertiary/aromatic N) is 3. The van der Waals surface area contributed by atoms with Crippen molar-refractivity contribution in [1.29, 1.82) is 0 Å². The molecule has 2 N–H and O–H groups in total. The first-order valence-electron chi connectivity index (χ1n) is 14.0. The van der Waals surface area contributed by atoms with Crippen LogP contribution in [0.15, 0.2) is 66.7 Å². The largest absolute Gasteiger partial charge is 0.370 e. The highest BCUT2D eigenvalue weighted by molar-refractivity contribution is 7.89. The van der Waals surface area contributed by atoms with E-state index in [2.05, 4.69) is 47.1 Å². The van der Waals surface area contributed by atoms with Crippen molar-refractivity contribution in [1.82, 2.24) is 14.1 Å².